The molecule has 0 bridgehead atoms. The Morgan fingerprint density at radius 2 is 1.18 bits per heavy atom. The summed E-state index contributed by atoms with van der Waals surface area (Å²) in [6.07, 6.45) is 0.533. The zero-order valence-electron chi connectivity index (χ0n) is 26.6. The highest BCUT2D eigenvalue weighted by Gasteiger charge is 2.42. The molecule has 4 amide bonds. The maximum atomic E-state index is 13.5. The minimum atomic E-state index is -4.16. The maximum absolute atomic E-state index is 13.5. The van der Waals surface area contributed by atoms with E-state index in [-0.39, 0.29) is 38.6 Å². The van der Waals surface area contributed by atoms with Crippen molar-refractivity contribution >= 4 is 67.9 Å². The summed E-state index contributed by atoms with van der Waals surface area (Å²) in [5.41, 5.74) is 0.280. The van der Waals surface area contributed by atoms with Gasteiger partial charge in [0.2, 0.25) is 9.84 Å². The Morgan fingerprint density at radius 3 is 1.73 bits per heavy atom. The van der Waals surface area contributed by atoms with Gasteiger partial charge < -0.3 is 12.3 Å². The molecule has 0 spiro atoms. The van der Waals surface area contributed by atoms with E-state index in [0.717, 1.165) is 9.80 Å². The number of carbonyl (C=O) groups excluding carboxylic acids is 4. The number of benzene rings is 2. The zero-order valence-corrected chi connectivity index (χ0v) is 31.4. The highest BCUT2D eigenvalue weighted by molar-refractivity contribution is 7.91. The van der Waals surface area contributed by atoms with Gasteiger partial charge >= 0.3 is 17.1 Å². The number of hydrogen-bond donors (Lipinski definition) is 0. The number of rotatable bonds is 12. The first-order valence-corrected chi connectivity index (χ1v) is 26.9. The molecule has 2 aromatic rings. The first kappa shape index (κ1) is 34.3. The fraction of sp³-hybridized carbons (Fsp3) is 0.429. The van der Waals surface area contributed by atoms with E-state index < -0.39 is 67.9 Å². The lowest BCUT2D eigenvalue weighted by Crippen LogP contribution is -2.54. The second-order valence-electron chi connectivity index (χ2n) is 12.7. The molecule has 0 saturated heterocycles. The van der Waals surface area contributed by atoms with Crippen LogP contribution in [-0.2, 0) is 22.2 Å². The van der Waals surface area contributed by atoms with Crippen LogP contribution in [0.4, 0.5) is 0 Å². The molecular weight excluding hydrogens is 653 g/mol. The molecule has 0 N–H and O–H groups in total. The van der Waals surface area contributed by atoms with Gasteiger partial charge in [-0.1, -0.05) is 0 Å². The normalized spacial score (nSPS) is 16.0. The average Bonchev–Trinajstić information content (AvgIpc) is 3.25. The third-order valence-corrected chi connectivity index (χ3v) is 22.3. The van der Waals surface area contributed by atoms with Gasteiger partial charge in [0.15, 0.2) is 17.4 Å². The molecule has 44 heavy (non-hydrogen) atoms. The topological polar surface area (TPSA) is 137 Å². The summed E-state index contributed by atoms with van der Waals surface area (Å²) in [7, 11) is -10.8. The van der Waals surface area contributed by atoms with E-state index in [1.807, 2.05) is 26.2 Å². The van der Waals surface area contributed by atoms with Crippen molar-refractivity contribution in [1.82, 2.24) is 9.80 Å². The molecule has 1 radical (unpaired) electrons. The zero-order chi connectivity index (χ0) is 33.0. The van der Waals surface area contributed by atoms with Gasteiger partial charge in [0.05, 0.1) is 32.0 Å². The van der Waals surface area contributed by atoms with Crippen LogP contribution in [0.15, 0.2) is 46.2 Å². The van der Waals surface area contributed by atoms with Gasteiger partial charge in [-0.2, -0.15) is 0 Å². The van der Waals surface area contributed by atoms with Crippen molar-refractivity contribution in [2.24, 2.45) is 0 Å². The van der Waals surface area contributed by atoms with E-state index >= 15 is 0 Å². The molecule has 2 aliphatic heterocycles. The van der Waals surface area contributed by atoms with Gasteiger partial charge in [-0.05, 0) is 101 Å². The van der Waals surface area contributed by atoms with Crippen LogP contribution in [0, 0.1) is 0 Å². The quantitative estimate of drug-likeness (QED) is 0.230. The summed E-state index contributed by atoms with van der Waals surface area (Å²) >= 11 is 0. The predicted molar refractivity (Wildman–Crippen MR) is 173 cm³/mol. The summed E-state index contributed by atoms with van der Waals surface area (Å²) in [4.78, 5) is 52.8. The van der Waals surface area contributed by atoms with Gasteiger partial charge in [-0.25, -0.2) is 8.42 Å². The van der Waals surface area contributed by atoms with Crippen molar-refractivity contribution in [2.45, 2.75) is 74.6 Å². The van der Waals surface area contributed by atoms with Crippen molar-refractivity contribution in [2.75, 3.05) is 13.6 Å². The molecule has 11 nitrogen and oxygen atoms in total. The van der Waals surface area contributed by atoms with Gasteiger partial charge in [-0.3, -0.25) is 29.0 Å². The summed E-state index contributed by atoms with van der Waals surface area (Å²) in [5.74, 6) is -2.12. The smallest absolute Gasteiger partial charge is 0.312 e. The second kappa shape index (κ2) is 12.0. The number of carbonyl (C=O) groups is 4. The lowest BCUT2D eigenvalue weighted by atomic mass is 10.1. The van der Waals surface area contributed by atoms with E-state index in [1.165, 1.54) is 43.4 Å². The Kier molecular flexibility index (Phi) is 9.33. The molecule has 0 saturated carbocycles. The van der Waals surface area contributed by atoms with Gasteiger partial charge in [0.1, 0.15) is 0 Å². The monoisotopic (exact) mass is 691 g/mol. The number of hydrogen-bond acceptors (Lipinski definition) is 9. The highest BCUT2D eigenvalue weighted by Crippen LogP contribution is 2.32. The molecule has 2 aliphatic rings. The van der Waals surface area contributed by atoms with Gasteiger partial charge in [0.25, 0.3) is 23.6 Å². The van der Waals surface area contributed by atoms with Crippen molar-refractivity contribution in [3.8, 4) is 0 Å². The van der Waals surface area contributed by atoms with Crippen LogP contribution in [0.3, 0.4) is 0 Å². The van der Waals surface area contributed by atoms with E-state index in [0.29, 0.717) is 12.5 Å². The molecule has 2 aromatic carbocycles. The summed E-state index contributed by atoms with van der Waals surface area (Å²) in [5, 5.41) is 0. The fourth-order valence-electron chi connectivity index (χ4n) is 5.79. The molecule has 0 unspecified atom stereocenters. The van der Waals surface area contributed by atoms with Crippen molar-refractivity contribution in [1.29, 1.82) is 0 Å². The minimum Gasteiger partial charge on any atom is -0.437 e. The largest absolute Gasteiger partial charge is 0.437 e. The molecule has 237 valence electrons. The Bertz CT molecular complexity index is 1660. The Hall–Kier alpha value is -2.58. The van der Waals surface area contributed by atoms with E-state index in [2.05, 4.69) is 26.2 Å². The molecule has 0 atom stereocenters. The molecule has 4 rings (SSSR count). The van der Waals surface area contributed by atoms with E-state index in [4.69, 9.17) is 12.3 Å². The SMILES string of the molecule is CN1C(=O)c2ccc(S(=O)(=O)c3ccc4c(c3)C(=O)N(CCC[Si](C)(C)O[Si](C)(C)O[Si](C)(C)O[Si](C)C)C4=O)cc2C1=O. The number of fused-ring (bicyclic) bond motifs is 2. The third kappa shape index (κ3) is 6.96. The molecular formula is C28H39N2O9SSi4. The first-order chi connectivity index (χ1) is 20.2. The van der Waals surface area contributed by atoms with Gasteiger partial charge in [-0.15, -0.1) is 0 Å². The van der Waals surface area contributed by atoms with Crippen LogP contribution in [0.25, 0.3) is 0 Å². The number of sulfone groups is 1. The van der Waals surface area contributed by atoms with Crippen molar-refractivity contribution in [3.05, 3.63) is 58.7 Å². The Morgan fingerprint density at radius 1 is 0.705 bits per heavy atom. The average molecular weight is 692 g/mol. The minimum absolute atomic E-state index is 0.00105. The van der Waals surface area contributed by atoms with E-state index in [9.17, 15) is 27.6 Å². The molecule has 16 heteroatoms. The number of imide groups is 2. The van der Waals surface area contributed by atoms with Crippen LogP contribution in [0.5, 0.6) is 0 Å². The standard InChI is InChI=1S/C28H39N2O9SSi4/c1-29-25(31)21-13-11-19(17-23(21)26(29)32)40(35,36)20-12-14-22-24(18-20)28(34)30(27(22)33)15-10-16-42(4,5)38-44(8,9)39-43(6,7)37-41(2)3/h11-14,17-18H,10,15-16H2,1-9H3. The van der Waals surface area contributed by atoms with Crippen LogP contribution in [-0.4, -0.2) is 89.9 Å². The van der Waals surface area contributed by atoms with Crippen LogP contribution >= 0.6 is 0 Å². The predicted octanol–water partition coefficient (Wildman–Crippen LogP) is 4.64. The van der Waals surface area contributed by atoms with Crippen molar-refractivity contribution in [3.63, 3.8) is 0 Å². The fourth-order valence-corrected chi connectivity index (χ4v) is 23.6. The summed E-state index contributed by atoms with van der Waals surface area (Å²) in [6.45, 7) is 16.6. The van der Waals surface area contributed by atoms with E-state index in [1.54, 1.807) is 0 Å². The first-order valence-electron chi connectivity index (χ1n) is 14.3. The molecule has 0 aromatic heterocycles. The third-order valence-electron chi connectivity index (χ3n) is 7.25. The maximum Gasteiger partial charge on any atom is 0.312 e. The number of amides is 4. The van der Waals surface area contributed by atoms with Crippen LogP contribution < -0.4 is 0 Å². The Balaban J connectivity index is 1.44. The van der Waals surface area contributed by atoms with Crippen LogP contribution in [0.1, 0.15) is 47.9 Å². The second-order valence-corrected chi connectivity index (χ2v) is 28.6. The van der Waals surface area contributed by atoms with Crippen molar-refractivity contribution < 1.29 is 39.9 Å². The Labute approximate surface area is 263 Å². The lowest BCUT2D eigenvalue weighted by molar-refractivity contribution is 0.0648. The lowest BCUT2D eigenvalue weighted by Gasteiger charge is -2.39. The van der Waals surface area contributed by atoms with Gasteiger partial charge in [0, 0.05) is 13.6 Å². The summed E-state index contributed by atoms with van der Waals surface area (Å²) in [6, 6.07) is 8.26. The summed E-state index contributed by atoms with van der Waals surface area (Å²) < 4.78 is 46.1. The number of nitrogens with zero attached hydrogens (tertiary/aromatic N) is 2. The van der Waals surface area contributed by atoms with Crippen LogP contribution in [0.2, 0.25) is 58.4 Å². The molecule has 0 fully saturated rings. The molecule has 2 heterocycles. The molecule has 0 aliphatic carbocycles. The highest BCUT2D eigenvalue weighted by atomic mass is 32.2.